The lowest BCUT2D eigenvalue weighted by atomic mass is 10.1. The first-order chi connectivity index (χ1) is 9.45. The van der Waals surface area contributed by atoms with Gasteiger partial charge < -0.3 is 10.9 Å². The van der Waals surface area contributed by atoms with E-state index in [1.165, 1.54) is 19.3 Å². The van der Waals surface area contributed by atoms with Gasteiger partial charge in [-0.1, -0.05) is 45.4 Å². The Bertz CT molecular complexity index is 343. The molecule has 6 nitrogen and oxygen atoms in total. The van der Waals surface area contributed by atoms with Crippen molar-refractivity contribution in [1.29, 1.82) is 0 Å². The average Bonchev–Trinajstić information content (AvgIpc) is 2.36. The summed E-state index contributed by atoms with van der Waals surface area (Å²) in [6.07, 6.45) is 8.78. The number of carbonyl (C=O) groups excluding carboxylic acids is 1. The van der Waals surface area contributed by atoms with Crippen LogP contribution in [0, 0.1) is 0 Å². The number of ether oxygens (including phenoxy) is 1. The third-order valence-electron chi connectivity index (χ3n) is 3.04. The van der Waals surface area contributed by atoms with Crippen molar-refractivity contribution in [3.8, 4) is 0 Å². The van der Waals surface area contributed by atoms with Gasteiger partial charge in [0.05, 0.1) is 12.4 Å². The fourth-order valence-corrected chi connectivity index (χ4v) is 2.44. The van der Waals surface area contributed by atoms with E-state index in [1.54, 1.807) is 0 Å². The zero-order valence-corrected chi connectivity index (χ0v) is 14.0. The van der Waals surface area contributed by atoms with Crippen molar-refractivity contribution in [2.24, 2.45) is 0 Å². The van der Waals surface area contributed by atoms with Crippen molar-refractivity contribution < 1.29 is 22.5 Å². The van der Waals surface area contributed by atoms with Crippen molar-refractivity contribution >= 4 is 16.1 Å². The Morgan fingerprint density at radius 1 is 0.952 bits per heavy atom. The number of rotatable bonds is 13. The van der Waals surface area contributed by atoms with Gasteiger partial charge in [0.15, 0.2) is 0 Å². The predicted molar refractivity (Wildman–Crippen MR) is 84.2 cm³/mol. The molecule has 0 aliphatic rings. The topological polar surface area (TPSA) is 116 Å². The Labute approximate surface area is 129 Å². The second kappa shape index (κ2) is 14.3. The van der Waals surface area contributed by atoms with Gasteiger partial charge in [0, 0.05) is 6.42 Å². The van der Waals surface area contributed by atoms with Crippen LogP contribution in [-0.4, -0.2) is 31.3 Å². The van der Waals surface area contributed by atoms with Crippen LogP contribution in [0.4, 0.5) is 0 Å². The molecule has 0 bridgehead atoms. The number of hydrogen-bond acceptors (Lipinski definition) is 5. The highest BCUT2D eigenvalue weighted by molar-refractivity contribution is 7.85. The van der Waals surface area contributed by atoms with Crippen molar-refractivity contribution in [3.05, 3.63) is 0 Å². The molecule has 0 radical (unpaired) electrons. The normalized spacial score (nSPS) is 11.0. The van der Waals surface area contributed by atoms with Crippen LogP contribution in [0.2, 0.25) is 0 Å². The number of esters is 1. The van der Waals surface area contributed by atoms with Gasteiger partial charge in [0.2, 0.25) is 0 Å². The van der Waals surface area contributed by atoms with E-state index in [1.807, 2.05) is 0 Å². The van der Waals surface area contributed by atoms with Crippen molar-refractivity contribution in [1.82, 2.24) is 6.15 Å². The minimum absolute atomic E-state index is 0. The number of unbranched alkanes of at least 4 members (excludes halogenated alkanes) is 7. The van der Waals surface area contributed by atoms with E-state index in [-0.39, 0.29) is 17.9 Å². The molecule has 0 atom stereocenters. The van der Waals surface area contributed by atoms with Crippen LogP contribution in [0.5, 0.6) is 0 Å². The lowest BCUT2D eigenvalue weighted by Crippen LogP contribution is -2.06. The molecule has 0 spiro atoms. The van der Waals surface area contributed by atoms with Gasteiger partial charge in [-0.05, 0) is 19.3 Å². The molecule has 0 saturated heterocycles. The summed E-state index contributed by atoms with van der Waals surface area (Å²) in [7, 11) is -3.83. The molecule has 0 amide bonds. The van der Waals surface area contributed by atoms with E-state index in [9.17, 15) is 13.2 Å². The number of hydrogen-bond donors (Lipinski definition) is 2. The summed E-state index contributed by atoms with van der Waals surface area (Å²) in [6.45, 7) is 2.56. The monoisotopic (exact) mass is 325 g/mol. The van der Waals surface area contributed by atoms with Crippen LogP contribution < -0.4 is 6.15 Å². The second-order valence-corrected chi connectivity index (χ2v) is 6.66. The molecule has 4 N–H and O–H groups in total. The molecule has 21 heavy (non-hydrogen) atoms. The van der Waals surface area contributed by atoms with E-state index >= 15 is 0 Å². The van der Waals surface area contributed by atoms with Gasteiger partial charge >= 0.3 is 5.97 Å². The second-order valence-electron chi connectivity index (χ2n) is 5.08. The summed E-state index contributed by atoms with van der Waals surface area (Å²) >= 11 is 0. The summed E-state index contributed by atoms with van der Waals surface area (Å²) in [5.74, 6) is -0.329. The van der Waals surface area contributed by atoms with Crippen molar-refractivity contribution in [3.63, 3.8) is 0 Å². The average molecular weight is 325 g/mol. The van der Waals surface area contributed by atoms with Crippen molar-refractivity contribution in [2.75, 3.05) is 12.4 Å². The van der Waals surface area contributed by atoms with Gasteiger partial charge in [-0.3, -0.25) is 9.35 Å². The molecule has 128 valence electrons. The minimum atomic E-state index is -3.83. The molecule has 0 fully saturated rings. The molecule has 0 heterocycles. The first kappa shape index (κ1) is 22.6. The molecule has 0 saturated carbocycles. The fraction of sp³-hybridized carbons (Fsp3) is 0.929. The molecule has 0 rings (SSSR count). The van der Waals surface area contributed by atoms with E-state index in [4.69, 9.17) is 9.29 Å². The third-order valence-corrected chi connectivity index (χ3v) is 3.85. The first-order valence-corrected chi connectivity index (χ1v) is 9.17. The summed E-state index contributed by atoms with van der Waals surface area (Å²) in [4.78, 5) is 11.4. The summed E-state index contributed by atoms with van der Waals surface area (Å²) in [5.41, 5.74) is 0. The standard InChI is InChI=1S/C14H28O5S.H3N/c1-2-3-4-5-8-11-14(15)19-12-9-6-7-10-13-20(16,17)18;/h2-13H2,1H3,(H,16,17,18);1H3. The van der Waals surface area contributed by atoms with Crippen LogP contribution in [0.1, 0.15) is 71.1 Å². The summed E-state index contributed by atoms with van der Waals surface area (Å²) < 4.78 is 34.5. The van der Waals surface area contributed by atoms with Crippen LogP contribution in [0.3, 0.4) is 0 Å². The Morgan fingerprint density at radius 3 is 2.14 bits per heavy atom. The van der Waals surface area contributed by atoms with Gasteiger partial charge in [-0.15, -0.1) is 0 Å². The highest BCUT2D eigenvalue weighted by Gasteiger charge is 2.04. The Hall–Kier alpha value is -0.660. The minimum Gasteiger partial charge on any atom is -0.466 e. The number of carbonyl (C=O) groups is 1. The zero-order chi connectivity index (χ0) is 15.3. The van der Waals surface area contributed by atoms with Gasteiger partial charge in [-0.25, -0.2) is 0 Å². The third kappa shape index (κ3) is 19.3. The Balaban J connectivity index is 0. The molecular formula is C14H31NO5S. The molecular weight excluding hydrogens is 294 g/mol. The Morgan fingerprint density at radius 2 is 1.52 bits per heavy atom. The lowest BCUT2D eigenvalue weighted by molar-refractivity contribution is -0.143. The maximum absolute atomic E-state index is 11.4. The van der Waals surface area contributed by atoms with Crippen LogP contribution in [0.25, 0.3) is 0 Å². The molecule has 0 aromatic heterocycles. The maximum Gasteiger partial charge on any atom is 0.305 e. The smallest absolute Gasteiger partial charge is 0.305 e. The van der Waals surface area contributed by atoms with E-state index in [0.717, 1.165) is 25.7 Å². The van der Waals surface area contributed by atoms with E-state index < -0.39 is 10.1 Å². The largest absolute Gasteiger partial charge is 0.466 e. The molecule has 0 aromatic carbocycles. The van der Waals surface area contributed by atoms with Crippen molar-refractivity contribution in [2.45, 2.75) is 71.1 Å². The molecule has 0 unspecified atom stereocenters. The fourth-order valence-electron chi connectivity index (χ4n) is 1.87. The Kier molecular flexibility index (Phi) is 15.4. The van der Waals surface area contributed by atoms with E-state index in [0.29, 0.717) is 25.9 Å². The molecule has 0 aromatic rings. The predicted octanol–water partition coefficient (Wildman–Crippen LogP) is 3.50. The van der Waals surface area contributed by atoms with Crippen LogP contribution >= 0.6 is 0 Å². The maximum atomic E-state index is 11.4. The zero-order valence-electron chi connectivity index (χ0n) is 13.2. The quantitative estimate of drug-likeness (QED) is 0.304. The van der Waals surface area contributed by atoms with E-state index in [2.05, 4.69) is 6.92 Å². The SMILES string of the molecule is CCCCCCCC(=O)OCCCCCCS(=O)(=O)O.N. The van der Waals surface area contributed by atoms with Gasteiger partial charge in [0.1, 0.15) is 0 Å². The first-order valence-electron chi connectivity index (χ1n) is 7.56. The highest BCUT2D eigenvalue weighted by Crippen LogP contribution is 2.07. The highest BCUT2D eigenvalue weighted by atomic mass is 32.2. The summed E-state index contributed by atoms with van der Waals surface area (Å²) in [5, 5.41) is 0. The molecule has 0 aliphatic heterocycles. The molecule has 0 aliphatic carbocycles. The van der Waals surface area contributed by atoms with Gasteiger partial charge in [0.25, 0.3) is 10.1 Å². The lowest BCUT2D eigenvalue weighted by Gasteiger charge is -2.04. The van der Waals surface area contributed by atoms with Crippen LogP contribution in [0.15, 0.2) is 0 Å². The summed E-state index contributed by atoms with van der Waals surface area (Å²) in [6, 6.07) is 0. The molecule has 7 heteroatoms. The van der Waals surface area contributed by atoms with Crippen LogP contribution in [-0.2, 0) is 19.6 Å². The van der Waals surface area contributed by atoms with Gasteiger partial charge in [-0.2, -0.15) is 8.42 Å².